The van der Waals surface area contributed by atoms with E-state index in [9.17, 15) is 0 Å². The van der Waals surface area contributed by atoms with Gasteiger partial charge < -0.3 is 10.6 Å². The Morgan fingerprint density at radius 3 is 2.52 bits per heavy atom. The molecule has 128 valence electrons. The summed E-state index contributed by atoms with van der Waals surface area (Å²) in [6.07, 6.45) is 10.6. The molecule has 1 aliphatic heterocycles. The summed E-state index contributed by atoms with van der Waals surface area (Å²) in [4.78, 5) is 2.61. The van der Waals surface area contributed by atoms with Gasteiger partial charge in [0, 0.05) is 11.1 Å². The van der Waals surface area contributed by atoms with Gasteiger partial charge in [-0.15, -0.1) is 0 Å². The summed E-state index contributed by atoms with van der Waals surface area (Å²) < 4.78 is 0. The van der Waals surface area contributed by atoms with Crippen molar-refractivity contribution >= 4 is 11.6 Å². The first-order valence-electron chi connectivity index (χ1n) is 9.46. The van der Waals surface area contributed by atoms with E-state index in [2.05, 4.69) is 23.1 Å². The summed E-state index contributed by atoms with van der Waals surface area (Å²) in [5.41, 5.74) is 7.49. The summed E-state index contributed by atoms with van der Waals surface area (Å²) >= 11 is 6.27. The van der Waals surface area contributed by atoms with E-state index < -0.39 is 0 Å². The predicted octanol–water partition coefficient (Wildman–Crippen LogP) is 4.82. The number of rotatable bonds is 5. The number of nitrogens with two attached hydrogens (primary N) is 1. The van der Waals surface area contributed by atoms with E-state index in [0.29, 0.717) is 12.0 Å². The lowest BCUT2D eigenvalue weighted by Crippen LogP contribution is -2.40. The lowest BCUT2D eigenvalue weighted by molar-refractivity contribution is 0.192. The van der Waals surface area contributed by atoms with Crippen molar-refractivity contribution in [3.05, 3.63) is 34.9 Å². The Morgan fingerprint density at radius 2 is 1.83 bits per heavy atom. The molecule has 1 saturated carbocycles. The van der Waals surface area contributed by atoms with E-state index in [1.54, 1.807) is 0 Å². The molecule has 0 spiro atoms. The van der Waals surface area contributed by atoms with E-state index in [1.165, 1.54) is 63.7 Å². The van der Waals surface area contributed by atoms with Gasteiger partial charge in [0.15, 0.2) is 0 Å². The lowest BCUT2D eigenvalue weighted by Gasteiger charge is -2.35. The molecule has 1 heterocycles. The Balaban J connectivity index is 1.65. The first-order chi connectivity index (χ1) is 11.2. The van der Waals surface area contributed by atoms with Gasteiger partial charge in [-0.2, -0.15) is 0 Å². The molecule has 23 heavy (non-hydrogen) atoms. The maximum atomic E-state index is 6.27. The Labute approximate surface area is 146 Å². The van der Waals surface area contributed by atoms with Crippen molar-refractivity contribution < 1.29 is 0 Å². The van der Waals surface area contributed by atoms with Crippen molar-refractivity contribution in [1.82, 2.24) is 4.90 Å². The largest absolute Gasteiger partial charge is 0.328 e. The van der Waals surface area contributed by atoms with Crippen LogP contribution in [0.4, 0.5) is 0 Å². The van der Waals surface area contributed by atoms with Gasteiger partial charge in [-0.25, -0.2) is 0 Å². The van der Waals surface area contributed by atoms with Gasteiger partial charge in [0.1, 0.15) is 0 Å². The highest BCUT2D eigenvalue weighted by Crippen LogP contribution is 2.39. The number of nitrogens with zero attached hydrogens (tertiary/aromatic N) is 1. The molecule has 0 radical (unpaired) electrons. The number of benzene rings is 1. The first kappa shape index (κ1) is 17.3. The second kappa shape index (κ2) is 8.50. The van der Waals surface area contributed by atoms with Crippen LogP contribution in [-0.2, 0) is 0 Å². The van der Waals surface area contributed by atoms with Crippen molar-refractivity contribution in [3.63, 3.8) is 0 Å². The second-order valence-electron chi connectivity index (χ2n) is 7.53. The Bertz CT molecular complexity index is 476. The molecule has 1 aromatic carbocycles. The van der Waals surface area contributed by atoms with Crippen LogP contribution in [-0.4, -0.2) is 30.6 Å². The Hall–Kier alpha value is -0.570. The van der Waals surface area contributed by atoms with Gasteiger partial charge in [0.2, 0.25) is 0 Å². The monoisotopic (exact) mass is 334 g/mol. The number of likely N-dealkylation sites (tertiary alicyclic amines) is 1. The molecule has 1 atom stereocenters. The molecule has 1 unspecified atom stereocenters. The minimum atomic E-state index is 0.424. The van der Waals surface area contributed by atoms with Crippen LogP contribution in [0, 0.1) is 5.92 Å². The quantitative estimate of drug-likeness (QED) is 0.836. The minimum Gasteiger partial charge on any atom is -0.328 e. The highest BCUT2D eigenvalue weighted by atomic mass is 35.5. The zero-order valence-corrected chi connectivity index (χ0v) is 15.0. The normalized spacial score (nSPS) is 23.0. The minimum absolute atomic E-state index is 0.424. The van der Waals surface area contributed by atoms with Crippen molar-refractivity contribution in [3.8, 4) is 0 Å². The highest BCUT2D eigenvalue weighted by Gasteiger charge is 2.26. The van der Waals surface area contributed by atoms with Crippen LogP contribution in [0.25, 0.3) is 0 Å². The second-order valence-corrected chi connectivity index (χ2v) is 7.96. The number of hydrogen-bond donors (Lipinski definition) is 1. The molecule has 2 fully saturated rings. The van der Waals surface area contributed by atoms with Crippen LogP contribution in [0.3, 0.4) is 0 Å². The van der Waals surface area contributed by atoms with Crippen molar-refractivity contribution in [1.29, 1.82) is 0 Å². The smallest absolute Gasteiger partial charge is 0.0408 e. The van der Waals surface area contributed by atoms with Crippen LogP contribution in [0.15, 0.2) is 24.3 Å². The van der Waals surface area contributed by atoms with E-state index in [4.69, 9.17) is 17.3 Å². The molecule has 1 saturated heterocycles. The third-order valence-corrected chi connectivity index (χ3v) is 6.12. The summed E-state index contributed by atoms with van der Waals surface area (Å²) in [5.74, 6) is 1.51. The summed E-state index contributed by atoms with van der Waals surface area (Å²) in [5, 5.41) is 0.882. The standard InChI is InChI=1S/C20H31ClN2/c21-18-8-4-7-17(15-18)20(16-5-2-1-3-6-16)11-14-23-12-9-19(22)10-13-23/h4,7-8,15-16,19-20H,1-3,5-6,9-14,22H2. The highest BCUT2D eigenvalue weighted by molar-refractivity contribution is 6.30. The van der Waals surface area contributed by atoms with Gasteiger partial charge in [-0.05, 0) is 81.3 Å². The lowest BCUT2D eigenvalue weighted by atomic mass is 9.75. The molecule has 2 nitrogen and oxygen atoms in total. The fraction of sp³-hybridized carbons (Fsp3) is 0.700. The molecule has 1 aromatic rings. The third kappa shape index (κ3) is 4.95. The van der Waals surface area contributed by atoms with Gasteiger partial charge in [-0.3, -0.25) is 0 Å². The molecule has 0 aromatic heterocycles. The maximum absolute atomic E-state index is 6.27. The van der Waals surface area contributed by atoms with Gasteiger partial charge in [-0.1, -0.05) is 43.0 Å². The third-order valence-electron chi connectivity index (χ3n) is 5.88. The number of piperidine rings is 1. The fourth-order valence-corrected chi connectivity index (χ4v) is 4.65. The molecule has 1 aliphatic carbocycles. The Morgan fingerprint density at radius 1 is 1.09 bits per heavy atom. The van der Waals surface area contributed by atoms with Crippen LogP contribution in [0.1, 0.15) is 62.8 Å². The fourth-order valence-electron chi connectivity index (χ4n) is 4.45. The molecular formula is C20H31ClN2. The van der Waals surface area contributed by atoms with Crippen molar-refractivity contribution in [2.24, 2.45) is 11.7 Å². The van der Waals surface area contributed by atoms with E-state index in [-0.39, 0.29) is 0 Å². The predicted molar refractivity (Wildman–Crippen MR) is 99.0 cm³/mol. The zero-order valence-electron chi connectivity index (χ0n) is 14.2. The number of hydrogen-bond acceptors (Lipinski definition) is 2. The average molecular weight is 335 g/mol. The molecule has 0 amide bonds. The molecule has 3 rings (SSSR count). The van der Waals surface area contributed by atoms with Crippen molar-refractivity contribution in [2.45, 2.75) is 63.3 Å². The number of halogens is 1. The van der Waals surface area contributed by atoms with E-state index in [1.807, 2.05) is 6.07 Å². The SMILES string of the molecule is NC1CCN(CCC(c2cccc(Cl)c2)C2CCCCC2)CC1. The van der Waals surface area contributed by atoms with Gasteiger partial charge in [0.05, 0.1) is 0 Å². The first-order valence-corrected chi connectivity index (χ1v) is 9.83. The summed E-state index contributed by atoms with van der Waals surface area (Å²) in [6.45, 7) is 3.56. The van der Waals surface area contributed by atoms with Gasteiger partial charge >= 0.3 is 0 Å². The molecular weight excluding hydrogens is 304 g/mol. The molecule has 3 heteroatoms. The topological polar surface area (TPSA) is 29.3 Å². The molecule has 0 bridgehead atoms. The van der Waals surface area contributed by atoms with E-state index >= 15 is 0 Å². The molecule has 2 N–H and O–H groups in total. The molecule has 2 aliphatic rings. The van der Waals surface area contributed by atoms with Crippen LogP contribution in [0.2, 0.25) is 5.02 Å². The maximum Gasteiger partial charge on any atom is 0.0408 e. The Kier molecular flexibility index (Phi) is 6.38. The summed E-state index contributed by atoms with van der Waals surface area (Å²) in [7, 11) is 0. The van der Waals surface area contributed by atoms with Gasteiger partial charge in [0.25, 0.3) is 0 Å². The summed E-state index contributed by atoms with van der Waals surface area (Å²) in [6, 6.07) is 9.03. The average Bonchev–Trinajstić information content (AvgIpc) is 2.58. The van der Waals surface area contributed by atoms with Crippen LogP contribution < -0.4 is 5.73 Å². The van der Waals surface area contributed by atoms with E-state index in [0.717, 1.165) is 23.8 Å². The van der Waals surface area contributed by atoms with Crippen molar-refractivity contribution in [2.75, 3.05) is 19.6 Å². The van der Waals surface area contributed by atoms with Crippen LogP contribution >= 0.6 is 11.6 Å². The van der Waals surface area contributed by atoms with Crippen LogP contribution in [0.5, 0.6) is 0 Å². The zero-order chi connectivity index (χ0) is 16.1.